The van der Waals surface area contributed by atoms with Crippen molar-refractivity contribution in [2.45, 2.75) is 27.2 Å². The Kier molecular flexibility index (Phi) is 4.61. The predicted octanol–water partition coefficient (Wildman–Crippen LogP) is 1.92. The molecule has 0 aliphatic rings. The Bertz CT molecular complexity index is 132. The molecule has 0 fully saturated rings. The largest absolute Gasteiger partial charge is 0.675 e. The lowest BCUT2D eigenvalue weighted by molar-refractivity contribution is -0.840. The third kappa shape index (κ3) is 2.42. The smallest absolute Gasteiger partial charge is 0.199 e. The highest BCUT2D eigenvalue weighted by Crippen LogP contribution is 2.08. The Hall–Kier alpha value is -0.150. The first kappa shape index (κ1) is 10.8. The van der Waals surface area contributed by atoms with Crippen LogP contribution >= 0.6 is 0 Å². The molecule has 66 valence electrons. The van der Waals surface area contributed by atoms with Gasteiger partial charge in [0.15, 0.2) is 5.24 Å². The van der Waals surface area contributed by atoms with E-state index in [4.69, 9.17) is 12.6 Å². The van der Waals surface area contributed by atoms with Gasteiger partial charge in [-0.25, -0.2) is 0 Å². The van der Waals surface area contributed by atoms with Crippen LogP contribution in [0, 0.1) is 0 Å². The number of hydrogen-bond acceptors (Lipinski definition) is 2. The fourth-order valence-electron chi connectivity index (χ4n) is 1.32. The van der Waals surface area contributed by atoms with Crippen LogP contribution in [0.2, 0.25) is 0 Å². The summed E-state index contributed by atoms with van der Waals surface area (Å²) in [6.07, 6.45) is 1.02. The highest BCUT2D eigenvalue weighted by Gasteiger charge is 2.22. The van der Waals surface area contributed by atoms with Crippen molar-refractivity contribution >= 4 is 17.9 Å². The number of quaternary nitrogens is 1. The lowest BCUT2D eigenvalue weighted by atomic mass is 10.3. The molecule has 0 aromatic rings. The van der Waals surface area contributed by atoms with Gasteiger partial charge in [-0.05, 0) is 20.3 Å². The van der Waals surface area contributed by atoms with E-state index in [0.717, 1.165) is 26.1 Å². The van der Waals surface area contributed by atoms with Crippen LogP contribution in [-0.2, 0) is 12.6 Å². The summed E-state index contributed by atoms with van der Waals surface area (Å²) < 4.78 is 0.464. The topological polar surface area (TPSA) is 17.1 Å². The number of nitrogens with zero attached hydrogens (tertiary/aromatic N) is 1. The molecular weight excluding hydrogens is 158 g/mol. The molecule has 1 amide bonds. The molecule has 0 heterocycles. The van der Waals surface area contributed by atoms with Gasteiger partial charge in [-0.1, -0.05) is 6.92 Å². The number of carbonyl (C=O) groups excluding carboxylic acids is 1. The molecule has 0 radical (unpaired) electrons. The van der Waals surface area contributed by atoms with E-state index < -0.39 is 0 Å². The number of amides is 1. The van der Waals surface area contributed by atoms with Crippen LogP contribution in [0.1, 0.15) is 27.2 Å². The van der Waals surface area contributed by atoms with Gasteiger partial charge in [-0.15, -0.1) is 0 Å². The molecule has 0 spiro atoms. The van der Waals surface area contributed by atoms with Gasteiger partial charge in [0, 0.05) is 0 Å². The monoisotopic (exact) mass is 175 g/mol. The number of rotatable bonds is 4. The second kappa shape index (κ2) is 4.67. The normalized spacial score (nSPS) is 11.5. The van der Waals surface area contributed by atoms with Crippen molar-refractivity contribution in [2.75, 3.05) is 19.6 Å². The predicted molar refractivity (Wildman–Crippen MR) is 49.3 cm³/mol. The molecular formula is C8H17NOS. The second-order valence-corrected chi connectivity index (χ2v) is 3.12. The van der Waals surface area contributed by atoms with Crippen molar-refractivity contribution in [1.29, 1.82) is 0 Å². The molecule has 0 bridgehead atoms. The first-order valence-electron chi connectivity index (χ1n) is 4.20. The molecule has 0 aromatic carbocycles. The first-order valence-corrected chi connectivity index (χ1v) is 4.61. The van der Waals surface area contributed by atoms with Crippen molar-refractivity contribution in [3.05, 3.63) is 0 Å². The standard InChI is InChI=1S/C8H17NOS/c1-4-7-9(5-2,6-3)8(10)11/h4-7H2,1-3H3. The summed E-state index contributed by atoms with van der Waals surface area (Å²) in [5.74, 6) is 0. The van der Waals surface area contributed by atoms with Crippen LogP contribution in [0.25, 0.3) is 0 Å². The molecule has 3 heteroatoms. The van der Waals surface area contributed by atoms with E-state index >= 15 is 0 Å². The number of hydrogen-bond donors (Lipinski definition) is 0. The van der Waals surface area contributed by atoms with Crippen LogP contribution in [0.15, 0.2) is 0 Å². The first-order chi connectivity index (χ1) is 5.13. The zero-order valence-electron chi connectivity index (χ0n) is 7.59. The summed E-state index contributed by atoms with van der Waals surface area (Å²) in [6, 6.07) is 0. The maximum Gasteiger partial charge on any atom is 0.199 e. The van der Waals surface area contributed by atoms with Crippen LogP contribution in [0.3, 0.4) is 0 Å². The molecule has 0 saturated carbocycles. The lowest BCUT2D eigenvalue weighted by Gasteiger charge is -2.36. The highest BCUT2D eigenvalue weighted by molar-refractivity contribution is 7.76. The zero-order valence-corrected chi connectivity index (χ0v) is 8.41. The zero-order chi connectivity index (χ0) is 8.91. The molecule has 11 heavy (non-hydrogen) atoms. The maximum absolute atomic E-state index is 11.1. The molecule has 0 saturated heterocycles. The fourth-order valence-corrected chi connectivity index (χ4v) is 1.67. The van der Waals surface area contributed by atoms with Gasteiger partial charge in [-0.2, -0.15) is 0 Å². The average Bonchev–Trinajstić information content (AvgIpc) is 2.00. The van der Waals surface area contributed by atoms with Crippen molar-refractivity contribution in [2.24, 2.45) is 0 Å². The summed E-state index contributed by atoms with van der Waals surface area (Å²) >= 11 is 4.71. The Balaban J connectivity index is 4.32. The molecule has 0 aliphatic heterocycles. The summed E-state index contributed by atoms with van der Waals surface area (Å²) in [6.45, 7) is 8.65. The third-order valence-electron chi connectivity index (χ3n) is 2.25. The van der Waals surface area contributed by atoms with E-state index in [0.29, 0.717) is 4.48 Å². The van der Waals surface area contributed by atoms with Crippen LogP contribution < -0.4 is 0 Å². The van der Waals surface area contributed by atoms with Gasteiger partial charge < -0.3 is 12.6 Å². The van der Waals surface area contributed by atoms with Crippen LogP contribution in [-0.4, -0.2) is 29.4 Å². The average molecular weight is 175 g/mol. The minimum atomic E-state index is -0.114. The van der Waals surface area contributed by atoms with Gasteiger partial charge in [0.2, 0.25) is 0 Å². The fraction of sp³-hybridized carbons (Fsp3) is 0.875. The van der Waals surface area contributed by atoms with Crippen molar-refractivity contribution in [3.8, 4) is 0 Å². The van der Waals surface area contributed by atoms with Gasteiger partial charge in [-0.3, -0.25) is 9.28 Å². The Morgan fingerprint density at radius 2 is 1.73 bits per heavy atom. The van der Waals surface area contributed by atoms with Crippen molar-refractivity contribution in [1.82, 2.24) is 0 Å². The summed E-state index contributed by atoms with van der Waals surface area (Å²) in [7, 11) is 0. The number of carbonyl (C=O) groups is 1. The van der Waals surface area contributed by atoms with Gasteiger partial charge in [0.05, 0.1) is 19.6 Å². The molecule has 0 aliphatic carbocycles. The van der Waals surface area contributed by atoms with Gasteiger partial charge >= 0.3 is 0 Å². The van der Waals surface area contributed by atoms with Gasteiger partial charge in [0.1, 0.15) is 0 Å². The Morgan fingerprint density at radius 1 is 1.27 bits per heavy atom. The van der Waals surface area contributed by atoms with Crippen LogP contribution in [0.5, 0.6) is 0 Å². The summed E-state index contributed by atoms with van der Waals surface area (Å²) in [4.78, 5) is 11.1. The summed E-state index contributed by atoms with van der Waals surface area (Å²) in [5, 5.41) is -0.114. The second-order valence-electron chi connectivity index (χ2n) is 2.77. The Morgan fingerprint density at radius 3 is 1.82 bits per heavy atom. The van der Waals surface area contributed by atoms with Gasteiger partial charge in [0.25, 0.3) is 0 Å². The molecule has 2 nitrogen and oxygen atoms in total. The lowest BCUT2D eigenvalue weighted by Crippen LogP contribution is -2.51. The third-order valence-corrected chi connectivity index (χ3v) is 2.64. The molecule has 0 atom stereocenters. The van der Waals surface area contributed by atoms with E-state index in [-0.39, 0.29) is 5.24 Å². The molecule has 0 unspecified atom stereocenters. The molecule has 0 N–H and O–H groups in total. The minimum absolute atomic E-state index is 0.114. The van der Waals surface area contributed by atoms with E-state index in [1.807, 2.05) is 13.8 Å². The van der Waals surface area contributed by atoms with E-state index in [1.165, 1.54) is 0 Å². The summed E-state index contributed by atoms with van der Waals surface area (Å²) in [5.41, 5.74) is 0. The van der Waals surface area contributed by atoms with E-state index in [9.17, 15) is 4.79 Å². The van der Waals surface area contributed by atoms with Crippen LogP contribution in [0.4, 0.5) is 4.79 Å². The highest BCUT2D eigenvalue weighted by atomic mass is 32.1. The molecule has 0 aromatic heterocycles. The Labute approximate surface area is 74.6 Å². The van der Waals surface area contributed by atoms with E-state index in [2.05, 4.69) is 6.92 Å². The minimum Gasteiger partial charge on any atom is -0.675 e. The molecule has 0 rings (SSSR count). The maximum atomic E-state index is 11.1. The van der Waals surface area contributed by atoms with E-state index in [1.54, 1.807) is 0 Å². The van der Waals surface area contributed by atoms with Crippen molar-refractivity contribution < 1.29 is 9.28 Å². The quantitative estimate of drug-likeness (QED) is 0.479. The SMILES string of the molecule is CCC[N+](CC)(CC)C(=O)[S-]. The van der Waals surface area contributed by atoms with Crippen molar-refractivity contribution in [3.63, 3.8) is 0 Å².